The SMILES string of the molecule is Cc1cc(C(=O)COC(=O)C=Cc2ccc3c(c2)OCO3)c(C)n1CC(F)(F)F. The summed E-state index contributed by atoms with van der Waals surface area (Å²) >= 11 is 0. The number of aryl methyl sites for hydroxylation is 1. The highest BCUT2D eigenvalue weighted by molar-refractivity contribution is 6.00. The molecule has 1 aromatic carbocycles. The maximum atomic E-state index is 12.7. The number of carbonyl (C=O) groups is 2. The van der Waals surface area contributed by atoms with E-state index < -0.39 is 31.1 Å². The Morgan fingerprint density at radius 3 is 2.62 bits per heavy atom. The average Bonchev–Trinajstić information content (AvgIpc) is 3.22. The lowest BCUT2D eigenvalue weighted by molar-refractivity contribution is -0.141. The first-order valence-corrected chi connectivity index (χ1v) is 8.65. The maximum Gasteiger partial charge on any atom is 0.406 e. The Labute approximate surface area is 164 Å². The number of hydrogen-bond acceptors (Lipinski definition) is 5. The molecule has 2 heterocycles. The van der Waals surface area contributed by atoms with Crippen LogP contribution in [-0.2, 0) is 16.1 Å². The van der Waals surface area contributed by atoms with Crippen molar-refractivity contribution in [3.63, 3.8) is 0 Å². The molecule has 0 saturated carbocycles. The third-order valence-corrected chi connectivity index (χ3v) is 4.37. The smallest absolute Gasteiger partial charge is 0.406 e. The van der Waals surface area contributed by atoms with Crippen LogP contribution in [0.4, 0.5) is 13.2 Å². The summed E-state index contributed by atoms with van der Waals surface area (Å²) in [6.07, 6.45) is -1.76. The topological polar surface area (TPSA) is 66.8 Å². The number of Topliss-reactive ketones (excluding diaryl/α,β-unsaturated/α-hetero) is 1. The Bertz CT molecular complexity index is 975. The van der Waals surface area contributed by atoms with E-state index >= 15 is 0 Å². The van der Waals surface area contributed by atoms with E-state index in [1.54, 1.807) is 18.2 Å². The van der Waals surface area contributed by atoms with Gasteiger partial charge in [0.15, 0.2) is 18.1 Å². The molecule has 0 atom stereocenters. The van der Waals surface area contributed by atoms with Gasteiger partial charge in [-0.25, -0.2) is 4.79 Å². The number of nitrogens with zero attached hydrogens (tertiary/aromatic N) is 1. The Morgan fingerprint density at radius 2 is 1.90 bits per heavy atom. The molecule has 0 N–H and O–H groups in total. The highest BCUT2D eigenvalue weighted by atomic mass is 19.4. The average molecular weight is 409 g/mol. The number of benzene rings is 1. The lowest BCUT2D eigenvalue weighted by Crippen LogP contribution is -2.20. The second-order valence-electron chi connectivity index (χ2n) is 6.46. The largest absolute Gasteiger partial charge is 0.454 e. The number of aromatic nitrogens is 1. The predicted molar refractivity (Wildman–Crippen MR) is 96.8 cm³/mol. The van der Waals surface area contributed by atoms with Crippen LogP contribution in [0, 0.1) is 13.8 Å². The molecule has 9 heteroatoms. The van der Waals surface area contributed by atoms with Crippen molar-refractivity contribution in [3.8, 4) is 11.5 Å². The fourth-order valence-corrected chi connectivity index (χ4v) is 2.95. The van der Waals surface area contributed by atoms with Gasteiger partial charge in [-0.2, -0.15) is 13.2 Å². The quantitative estimate of drug-likeness (QED) is 0.412. The molecule has 6 nitrogen and oxygen atoms in total. The van der Waals surface area contributed by atoms with Crippen LogP contribution in [0.2, 0.25) is 0 Å². The molecule has 0 aliphatic carbocycles. The second-order valence-corrected chi connectivity index (χ2v) is 6.46. The van der Waals surface area contributed by atoms with Crippen LogP contribution in [0.1, 0.15) is 27.3 Å². The summed E-state index contributed by atoms with van der Waals surface area (Å²) in [4.78, 5) is 24.1. The monoisotopic (exact) mass is 409 g/mol. The summed E-state index contributed by atoms with van der Waals surface area (Å²) in [5.41, 5.74) is 1.25. The molecule has 1 aromatic heterocycles. The van der Waals surface area contributed by atoms with E-state index in [1.165, 1.54) is 26.0 Å². The van der Waals surface area contributed by atoms with E-state index in [0.29, 0.717) is 22.8 Å². The first kappa shape index (κ1) is 20.5. The molecule has 1 aliphatic heterocycles. The first-order chi connectivity index (χ1) is 13.6. The maximum absolute atomic E-state index is 12.7. The number of ether oxygens (including phenoxy) is 3. The summed E-state index contributed by atoms with van der Waals surface area (Å²) in [6.45, 7) is 1.29. The second kappa shape index (κ2) is 8.02. The number of hydrogen-bond donors (Lipinski definition) is 0. The van der Waals surface area contributed by atoms with Crippen molar-refractivity contribution in [2.75, 3.05) is 13.4 Å². The van der Waals surface area contributed by atoms with Gasteiger partial charge in [0.25, 0.3) is 0 Å². The van der Waals surface area contributed by atoms with Crippen LogP contribution in [0.15, 0.2) is 30.3 Å². The summed E-state index contributed by atoms with van der Waals surface area (Å²) in [6, 6.07) is 6.47. The number of carbonyl (C=O) groups excluding carboxylic acids is 2. The van der Waals surface area contributed by atoms with Gasteiger partial charge in [-0.05, 0) is 43.7 Å². The zero-order valence-corrected chi connectivity index (χ0v) is 15.7. The van der Waals surface area contributed by atoms with Gasteiger partial charge in [-0.3, -0.25) is 4.79 Å². The number of fused-ring (bicyclic) bond motifs is 1. The fourth-order valence-electron chi connectivity index (χ4n) is 2.95. The minimum atomic E-state index is -4.40. The molecule has 0 unspecified atom stereocenters. The Balaban J connectivity index is 1.59. The zero-order chi connectivity index (χ0) is 21.2. The van der Waals surface area contributed by atoms with Gasteiger partial charge < -0.3 is 18.8 Å². The van der Waals surface area contributed by atoms with Gasteiger partial charge in [0, 0.05) is 23.0 Å². The molecule has 0 saturated heterocycles. The van der Waals surface area contributed by atoms with Crippen LogP contribution in [0.25, 0.3) is 6.08 Å². The standard InChI is InChI=1S/C20H18F3NO5/c1-12-7-15(13(2)24(12)10-20(21,22)23)16(25)9-27-19(26)6-4-14-3-5-17-18(8-14)29-11-28-17/h3-8H,9-11H2,1-2H3. The van der Waals surface area contributed by atoms with Crippen LogP contribution in [0.5, 0.6) is 11.5 Å². The number of rotatable bonds is 6. The molecule has 0 radical (unpaired) electrons. The molecule has 29 heavy (non-hydrogen) atoms. The van der Waals surface area contributed by atoms with Crippen molar-refractivity contribution < 1.29 is 37.0 Å². The third kappa shape index (κ3) is 4.98. The highest BCUT2D eigenvalue weighted by Gasteiger charge is 2.30. The number of ketones is 1. The Hall–Kier alpha value is -3.23. The van der Waals surface area contributed by atoms with E-state index in [2.05, 4.69) is 0 Å². The van der Waals surface area contributed by atoms with Crippen molar-refractivity contribution in [1.82, 2.24) is 4.57 Å². The van der Waals surface area contributed by atoms with E-state index in [-0.39, 0.29) is 18.1 Å². The predicted octanol–water partition coefficient (Wildman–Crippen LogP) is 3.84. The van der Waals surface area contributed by atoms with Gasteiger partial charge in [0.05, 0.1) is 0 Å². The van der Waals surface area contributed by atoms with Crippen molar-refractivity contribution in [2.24, 2.45) is 0 Å². The molecule has 1 aliphatic rings. The highest BCUT2D eigenvalue weighted by Crippen LogP contribution is 2.32. The molecule has 0 fully saturated rings. The summed E-state index contributed by atoms with van der Waals surface area (Å²) < 4.78 is 54.4. The first-order valence-electron chi connectivity index (χ1n) is 8.65. The number of esters is 1. The number of alkyl halides is 3. The van der Waals surface area contributed by atoms with Crippen LogP contribution in [0.3, 0.4) is 0 Å². The fraction of sp³-hybridized carbons (Fsp3) is 0.300. The molecule has 154 valence electrons. The van der Waals surface area contributed by atoms with Crippen LogP contribution < -0.4 is 9.47 Å². The summed E-state index contributed by atoms with van der Waals surface area (Å²) in [5.74, 6) is -0.153. The lowest BCUT2D eigenvalue weighted by atomic mass is 10.1. The van der Waals surface area contributed by atoms with Crippen molar-refractivity contribution in [3.05, 3.63) is 52.9 Å². The Morgan fingerprint density at radius 1 is 1.17 bits per heavy atom. The van der Waals surface area contributed by atoms with Crippen molar-refractivity contribution in [2.45, 2.75) is 26.6 Å². The normalized spacial score (nSPS) is 13.1. The Kier molecular flexibility index (Phi) is 5.67. The van der Waals surface area contributed by atoms with Gasteiger partial charge in [-0.1, -0.05) is 6.07 Å². The number of halogens is 3. The summed E-state index contributed by atoms with van der Waals surface area (Å²) in [7, 11) is 0. The molecule has 0 spiro atoms. The molecule has 0 amide bonds. The molecular weight excluding hydrogens is 391 g/mol. The van der Waals surface area contributed by atoms with Crippen molar-refractivity contribution in [1.29, 1.82) is 0 Å². The van der Waals surface area contributed by atoms with E-state index in [1.807, 2.05) is 0 Å². The van der Waals surface area contributed by atoms with Crippen molar-refractivity contribution >= 4 is 17.8 Å². The summed E-state index contributed by atoms with van der Waals surface area (Å²) in [5, 5.41) is 0. The minimum absolute atomic E-state index is 0.0966. The van der Waals surface area contributed by atoms with Gasteiger partial charge >= 0.3 is 12.1 Å². The minimum Gasteiger partial charge on any atom is -0.454 e. The van der Waals surface area contributed by atoms with E-state index in [9.17, 15) is 22.8 Å². The third-order valence-electron chi connectivity index (χ3n) is 4.37. The van der Waals surface area contributed by atoms with Gasteiger partial charge in [0.2, 0.25) is 12.6 Å². The van der Waals surface area contributed by atoms with E-state index in [0.717, 1.165) is 10.6 Å². The molecular formula is C20H18F3NO5. The van der Waals surface area contributed by atoms with Crippen LogP contribution >= 0.6 is 0 Å². The van der Waals surface area contributed by atoms with Gasteiger partial charge in [0.1, 0.15) is 6.54 Å². The lowest BCUT2D eigenvalue weighted by Gasteiger charge is -2.12. The molecule has 0 bridgehead atoms. The van der Waals surface area contributed by atoms with E-state index in [4.69, 9.17) is 14.2 Å². The molecule has 2 aromatic rings. The zero-order valence-electron chi connectivity index (χ0n) is 15.7. The molecule has 3 rings (SSSR count). The van der Waals surface area contributed by atoms with Crippen LogP contribution in [-0.4, -0.2) is 35.9 Å². The van der Waals surface area contributed by atoms with Gasteiger partial charge in [-0.15, -0.1) is 0 Å².